The highest BCUT2D eigenvalue weighted by Gasteiger charge is 2.37. The van der Waals surface area contributed by atoms with Crippen molar-refractivity contribution < 1.29 is 0 Å². The second-order valence-electron chi connectivity index (χ2n) is 5.36. The minimum Gasteiger partial charge on any atom is -0.355 e. The molecule has 0 amide bonds. The predicted octanol–water partition coefficient (Wildman–Crippen LogP) is 3.13. The Labute approximate surface area is 88.2 Å². The Balaban J connectivity index is 2.79. The van der Waals surface area contributed by atoms with Crippen LogP contribution in [0.1, 0.15) is 47.5 Å². The minimum atomic E-state index is 0.180. The number of amidine groups is 1. The van der Waals surface area contributed by atoms with Crippen molar-refractivity contribution in [2.45, 2.75) is 53.0 Å². The van der Waals surface area contributed by atoms with Crippen LogP contribution in [0.3, 0.4) is 0 Å². The zero-order chi connectivity index (χ0) is 10.9. The maximum atomic E-state index is 7.78. The Morgan fingerprint density at radius 1 is 1.50 bits per heavy atom. The molecule has 1 aliphatic heterocycles. The molecule has 14 heavy (non-hydrogen) atoms. The lowest BCUT2D eigenvalue weighted by atomic mass is 9.76. The van der Waals surface area contributed by atoms with E-state index in [-0.39, 0.29) is 5.54 Å². The van der Waals surface area contributed by atoms with Crippen LogP contribution >= 0.6 is 0 Å². The van der Waals surface area contributed by atoms with Crippen molar-refractivity contribution >= 4 is 5.84 Å². The lowest BCUT2D eigenvalue weighted by molar-refractivity contribution is 0.0675. The van der Waals surface area contributed by atoms with Crippen molar-refractivity contribution in [2.75, 3.05) is 6.54 Å². The molecule has 0 radical (unpaired) electrons. The molecule has 1 N–H and O–H groups in total. The van der Waals surface area contributed by atoms with Gasteiger partial charge in [-0.25, -0.2) is 0 Å². The molecule has 1 aliphatic rings. The molecule has 0 aromatic carbocycles. The van der Waals surface area contributed by atoms with E-state index < -0.39 is 0 Å². The zero-order valence-corrected chi connectivity index (χ0v) is 10.2. The highest BCUT2D eigenvalue weighted by atomic mass is 15.2. The summed E-state index contributed by atoms with van der Waals surface area (Å²) in [5.74, 6) is 2.28. The van der Waals surface area contributed by atoms with Crippen LogP contribution < -0.4 is 0 Å². The molecule has 0 aliphatic carbocycles. The molecular weight excluding hydrogens is 172 g/mol. The van der Waals surface area contributed by atoms with Crippen molar-refractivity contribution in [1.82, 2.24) is 4.90 Å². The Bertz CT molecular complexity index is 220. The second-order valence-corrected chi connectivity index (χ2v) is 5.36. The molecule has 2 nitrogen and oxygen atoms in total. The molecule has 1 rings (SSSR count). The van der Waals surface area contributed by atoms with Gasteiger partial charge in [-0.1, -0.05) is 20.3 Å². The van der Waals surface area contributed by atoms with Crippen LogP contribution in [-0.4, -0.2) is 22.8 Å². The molecule has 1 saturated heterocycles. The first-order valence-electron chi connectivity index (χ1n) is 5.71. The van der Waals surface area contributed by atoms with Crippen LogP contribution in [0.15, 0.2) is 0 Å². The number of nitrogens with one attached hydrogen (secondary N) is 1. The van der Waals surface area contributed by atoms with Gasteiger partial charge in [0.2, 0.25) is 0 Å². The van der Waals surface area contributed by atoms with Crippen LogP contribution in [0.5, 0.6) is 0 Å². The van der Waals surface area contributed by atoms with Gasteiger partial charge < -0.3 is 4.90 Å². The number of nitrogens with zero attached hydrogens (tertiary/aromatic N) is 1. The van der Waals surface area contributed by atoms with E-state index in [4.69, 9.17) is 5.41 Å². The van der Waals surface area contributed by atoms with Crippen molar-refractivity contribution in [3.8, 4) is 0 Å². The summed E-state index contributed by atoms with van der Waals surface area (Å²) in [4.78, 5) is 2.25. The number of hydrogen-bond donors (Lipinski definition) is 1. The Morgan fingerprint density at radius 3 is 2.50 bits per heavy atom. The average Bonchev–Trinajstić information content (AvgIpc) is 2.07. The van der Waals surface area contributed by atoms with E-state index in [0.29, 0.717) is 0 Å². The first kappa shape index (κ1) is 11.5. The Morgan fingerprint density at radius 2 is 2.07 bits per heavy atom. The lowest BCUT2D eigenvalue weighted by Crippen LogP contribution is -2.54. The minimum absolute atomic E-state index is 0.180. The molecule has 82 valence electrons. The van der Waals surface area contributed by atoms with Gasteiger partial charge in [-0.3, -0.25) is 5.41 Å². The SMILES string of the molecule is CC[C@H]1CC(C)(C)N(C(C)=N)CC1C. The first-order valence-corrected chi connectivity index (χ1v) is 5.71. The third kappa shape index (κ3) is 2.10. The first-order chi connectivity index (χ1) is 6.38. The summed E-state index contributed by atoms with van der Waals surface area (Å²) in [6.45, 7) is 12.1. The summed E-state index contributed by atoms with van der Waals surface area (Å²) in [6, 6.07) is 0. The summed E-state index contributed by atoms with van der Waals surface area (Å²) >= 11 is 0. The molecule has 2 heteroatoms. The van der Waals surface area contributed by atoms with Crippen LogP contribution in [0.2, 0.25) is 0 Å². The van der Waals surface area contributed by atoms with Gasteiger partial charge in [0.1, 0.15) is 0 Å². The van der Waals surface area contributed by atoms with E-state index in [0.717, 1.165) is 24.2 Å². The Kier molecular flexibility index (Phi) is 3.23. The van der Waals surface area contributed by atoms with Crippen LogP contribution in [0.4, 0.5) is 0 Å². The molecule has 1 fully saturated rings. The number of rotatable bonds is 1. The maximum absolute atomic E-state index is 7.78. The van der Waals surface area contributed by atoms with Gasteiger partial charge in [0, 0.05) is 12.1 Å². The summed E-state index contributed by atoms with van der Waals surface area (Å²) in [7, 11) is 0. The molecular formula is C12H24N2. The lowest BCUT2D eigenvalue weighted by Gasteiger charge is -2.49. The summed E-state index contributed by atoms with van der Waals surface area (Å²) < 4.78 is 0. The van der Waals surface area contributed by atoms with Crippen molar-refractivity contribution in [2.24, 2.45) is 11.8 Å². The monoisotopic (exact) mass is 196 g/mol. The summed E-state index contributed by atoms with van der Waals surface area (Å²) in [5.41, 5.74) is 0.180. The molecule has 2 atom stereocenters. The van der Waals surface area contributed by atoms with Gasteiger partial charge in [0.05, 0.1) is 5.84 Å². The summed E-state index contributed by atoms with van der Waals surface area (Å²) in [5, 5.41) is 7.78. The average molecular weight is 196 g/mol. The fraction of sp³-hybridized carbons (Fsp3) is 0.917. The van der Waals surface area contributed by atoms with Crippen LogP contribution in [0.25, 0.3) is 0 Å². The van der Waals surface area contributed by atoms with Crippen molar-refractivity contribution in [3.05, 3.63) is 0 Å². The predicted molar refractivity (Wildman–Crippen MR) is 61.7 cm³/mol. The van der Waals surface area contributed by atoms with E-state index >= 15 is 0 Å². The molecule has 0 saturated carbocycles. The zero-order valence-electron chi connectivity index (χ0n) is 10.2. The number of likely N-dealkylation sites (tertiary alicyclic amines) is 1. The van der Waals surface area contributed by atoms with Gasteiger partial charge in [-0.15, -0.1) is 0 Å². The molecule has 1 unspecified atom stereocenters. The highest BCUT2D eigenvalue weighted by molar-refractivity contribution is 5.77. The van der Waals surface area contributed by atoms with Gasteiger partial charge in [0.25, 0.3) is 0 Å². The largest absolute Gasteiger partial charge is 0.355 e. The Hall–Kier alpha value is -0.530. The third-order valence-electron chi connectivity index (χ3n) is 3.70. The summed E-state index contributed by atoms with van der Waals surface area (Å²) in [6.07, 6.45) is 2.50. The number of hydrogen-bond acceptors (Lipinski definition) is 1. The molecule has 1 heterocycles. The third-order valence-corrected chi connectivity index (χ3v) is 3.70. The van der Waals surface area contributed by atoms with E-state index in [1.165, 1.54) is 12.8 Å². The molecule has 0 aromatic heterocycles. The molecule has 0 aromatic rings. The van der Waals surface area contributed by atoms with Crippen molar-refractivity contribution in [1.29, 1.82) is 5.41 Å². The highest BCUT2D eigenvalue weighted by Crippen LogP contribution is 2.36. The molecule has 0 bridgehead atoms. The van der Waals surface area contributed by atoms with Gasteiger partial charge in [-0.2, -0.15) is 0 Å². The number of piperidine rings is 1. The normalized spacial score (nSPS) is 31.6. The maximum Gasteiger partial charge on any atom is 0.0930 e. The van der Waals surface area contributed by atoms with E-state index in [1.807, 2.05) is 6.92 Å². The van der Waals surface area contributed by atoms with Gasteiger partial charge in [-0.05, 0) is 39.0 Å². The quantitative estimate of drug-likeness (QED) is 0.506. The topological polar surface area (TPSA) is 27.1 Å². The van der Waals surface area contributed by atoms with E-state index in [2.05, 4.69) is 32.6 Å². The van der Waals surface area contributed by atoms with Crippen LogP contribution in [0, 0.1) is 17.2 Å². The smallest absolute Gasteiger partial charge is 0.0930 e. The van der Waals surface area contributed by atoms with E-state index in [9.17, 15) is 0 Å². The fourth-order valence-electron chi connectivity index (χ4n) is 2.77. The fourth-order valence-corrected chi connectivity index (χ4v) is 2.77. The standard InChI is InChI=1S/C12H24N2/c1-6-11-7-12(4,5)14(10(3)13)8-9(11)2/h9,11,13H,6-8H2,1-5H3/t9?,11-/m0/s1. The molecule has 0 spiro atoms. The van der Waals surface area contributed by atoms with E-state index in [1.54, 1.807) is 0 Å². The van der Waals surface area contributed by atoms with Crippen molar-refractivity contribution in [3.63, 3.8) is 0 Å². The van der Waals surface area contributed by atoms with Gasteiger partial charge in [0.15, 0.2) is 0 Å². The van der Waals surface area contributed by atoms with Gasteiger partial charge >= 0.3 is 0 Å². The van der Waals surface area contributed by atoms with Crippen LogP contribution in [-0.2, 0) is 0 Å². The second kappa shape index (κ2) is 3.92.